The first-order chi connectivity index (χ1) is 14.2. The first-order valence-electron chi connectivity index (χ1n) is 10.3. The summed E-state index contributed by atoms with van der Waals surface area (Å²) in [5, 5.41) is 9.12. The Morgan fingerprint density at radius 1 is 1.33 bits per heavy atom. The maximum Gasteiger partial charge on any atom is 0.307 e. The molecule has 0 radical (unpaired) electrons. The Bertz CT molecular complexity index is 850. The third-order valence-electron chi connectivity index (χ3n) is 4.98. The minimum atomic E-state index is -1.13. The fraction of sp³-hybridized carbons (Fsp3) is 0.400. The van der Waals surface area contributed by atoms with E-state index in [-0.39, 0.29) is 12.3 Å². The van der Waals surface area contributed by atoms with Gasteiger partial charge in [0.1, 0.15) is 0 Å². The molecule has 0 amide bonds. The third-order valence-corrected chi connectivity index (χ3v) is 6.01. The van der Waals surface area contributed by atoms with Gasteiger partial charge >= 0.3 is 5.97 Å². The number of benzene rings is 1. The second kappa shape index (κ2) is 13.1. The SMILES string of the molecule is C=C/C(CC(=O)O)=C1/C=C(c2ccccc2CS(=O)NC)C=CC1C.CCC(C)C. The predicted molar refractivity (Wildman–Crippen MR) is 128 cm³/mol. The molecule has 5 heteroatoms. The average molecular weight is 430 g/mol. The third kappa shape index (κ3) is 8.25. The number of carbonyl (C=O) groups is 1. The van der Waals surface area contributed by atoms with Gasteiger partial charge in [0.05, 0.1) is 23.2 Å². The highest BCUT2D eigenvalue weighted by Crippen LogP contribution is 2.32. The van der Waals surface area contributed by atoms with E-state index in [0.29, 0.717) is 5.75 Å². The van der Waals surface area contributed by atoms with Gasteiger partial charge in [-0.05, 0) is 46.7 Å². The Morgan fingerprint density at radius 3 is 2.50 bits per heavy atom. The summed E-state index contributed by atoms with van der Waals surface area (Å²) in [7, 11) is 0.536. The molecular weight excluding hydrogens is 394 g/mol. The molecule has 0 fully saturated rings. The summed E-state index contributed by atoms with van der Waals surface area (Å²) >= 11 is 0. The van der Waals surface area contributed by atoms with Crippen LogP contribution in [0.4, 0.5) is 0 Å². The highest BCUT2D eigenvalue weighted by molar-refractivity contribution is 7.82. The monoisotopic (exact) mass is 429 g/mol. The molecule has 1 aliphatic carbocycles. The van der Waals surface area contributed by atoms with E-state index in [0.717, 1.165) is 33.8 Å². The lowest BCUT2D eigenvalue weighted by atomic mass is 9.85. The maximum atomic E-state index is 11.9. The summed E-state index contributed by atoms with van der Waals surface area (Å²) < 4.78 is 14.6. The second-order valence-corrected chi connectivity index (χ2v) is 9.04. The standard InChI is InChI=1S/C20H23NO3S.C5H12/c1-4-15(12-20(22)23)19-11-16(10-9-14(19)2)18-8-6-5-7-17(18)13-25(24)21-3;1-4-5(2)3/h4-11,14,21H,1,12-13H2,2-3H3,(H,22,23);5H,4H2,1-3H3/b19-15+;. The lowest BCUT2D eigenvalue weighted by Gasteiger charge is -2.20. The van der Waals surface area contributed by atoms with E-state index in [2.05, 4.69) is 38.1 Å². The van der Waals surface area contributed by atoms with Crippen LogP contribution >= 0.6 is 0 Å². The van der Waals surface area contributed by atoms with Crippen LogP contribution in [0.3, 0.4) is 0 Å². The van der Waals surface area contributed by atoms with E-state index in [1.54, 1.807) is 13.1 Å². The lowest BCUT2D eigenvalue weighted by molar-refractivity contribution is -0.136. The number of allylic oxidation sites excluding steroid dienone is 6. The molecule has 2 rings (SSSR count). The molecule has 4 nitrogen and oxygen atoms in total. The molecule has 2 atom stereocenters. The van der Waals surface area contributed by atoms with Gasteiger partial charge < -0.3 is 5.11 Å². The maximum absolute atomic E-state index is 11.9. The zero-order chi connectivity index (χ0) is 22.7. The highest BCUT2D eigenvalue weighted by Gasteiger charge is 2.17. The smallest absolute Gasteiger partial charge is 0.307 e. The van der Waals surface area contributed by atoms with E-state index in [1.807, 2.05) is 43.3 Å². The summed E-state index contributed by atoms with van der Waals surface area (Å²) in [6.07, 6.45) is 8.99. The van der Waals surface area contributed by atoms with Crippen molar-refractivity contribution in [1.82, 2.24) is 4.72 Å². The number of nitrogens with one attached hydrogen (secondary N) is 1. The Balaban J connectivity index is 0.000000804. The molecule has 1 aromatic carbocycles. The molecule has 0 heterocycles. The lowest BCUT2D eigenvalue weighted by Crippen LogP contribution is -2.13. The highest BCUT2D eigenvalue weighted by atomic mass is 32.2. The molecule has 0 aliphatic heterocycles. The quantitative estimate of drug-likeness (QED) is 0.559. The van der Waals surface area contributed by atoms with Gasteiger partial charge in [0.15, 0.2) is 0 Å². The van der Waals surface area contributed by atoms with E-state index >= 15 is 0 Å². The van der Waals surface area contributed by atoms with Crippen molar-refractivity contribution in [3.8, 4) is 0 Å². The van der Waals surface area contributed by atoms with Gasteiger partial charge in [-0.3, -0.25) is 4.79 Å². The molecule has 2 N–H and O–H groups in total. The molecule has 0 saturated heterocycles. The van der Waals surface area contributed by atoms with Gasteiger partial charge in [-0.25, -0.2) is 8.93 Å². The van der Waals surface area contributed by atoms with Gasteiger partial charge in [-0.1, -0.05) is 89.3 Å². The fourth-order valence-corrected chi connectivity index (χ4v) is 3.53. The van der Waals surface area contributed by atoms with Crippen molar-refractivity contribution in [3.05, 3.63) is 77.4 Å². The molecule has 0 saturated carbocycles. The molecule has 0 spiro atoms. The minimum Gasteiger partial charge on any atom is -0.481 e. The Morgan fingerprint density at radius 2 is 1.97 bits per heavy atom. The van der Waals surface area contributed by atoms with Crippen molar-refractivity contribution in [1.29, 1.82) is 0 Å². The van der Waals surface area contributed by atoms with Gasteiger partial charge in [0.2, 0.25) is 0 Å². The van der Waals surface area contributed by atoms with Gasteiger partial charge in [-0.2, -0.15) is 0 Å². The van der Waals surface area contributed by atoms with Crippen LogP contribution in [-0.4, -0.2) is 22.3 Å². The number of aliphatic carboxylic acids is 1. The van der Waals surface area contributed by atoms with Gasteiger partial charge in [0.25, 0.3) is 0 Å². The number of rotatable bonds is 8. The van der Waals surface area contributed by atoms with Gasteiger partial charge in [0, 0.05) is 0 Å². The number of hydrogen-bond acceptors (Lipinski definition) is 2. The van der Waals surface area contributed by atoms with Crippen molar-refractivity contribution in [2.24, 2.45) is 11.8 Å². The number of carboxylic acids is 1. The summed E-state index contributed by atoms with van der Waals surface area (Å²) in [6, 6.07) is 7.84. The predicted octanol–water partition coefficient (Wildman–Crippen LogP) is 5.67. The molecular formula is C25H35NO3S. The van der Waals surface area contributed by atoms with E-state index in [4.69, 9.17) is 5.11 Å². The van der Waals surface area contributed by atoms with Crippen molar-refractivity contribution in [3.63, 3.8) is 0 Å². The van der Waals surface area contributed by atoms with E-state index in [9.17, 15) is 9.00 Å². The van der Waals surface area contributed by atoms with Gasteiger partial charge in [-0.15, -0.1) is 0 Å². The average Bonchev–Trinajstić information content (AvgIpc) is 2.73. The van der Waals surface area contributed by atoms with Crippen LogP contribution in [0.5, 0.6) is 0 Å². The summed E-state index contributed by atoms with van der Waals surface area (Å²) in [5.41, 5.74) is 4.66. The molecule has 164 valence electrons. The van der Waals surface area contributed by atoms with Crippen LogP contribution in [0.15, 0.2) is 66.3 Å². The Kier molecular flexibility index (Phi) is 11.3. The number of carboxylic acid groups (broad SMARTS) is 1. The van der Waals surface area contributed by atoms with Crippen LogP contribution < -0.4 is 4.72 Å². The van der Waals surface area contributed by atoms with Crippen molar-refractivity contribution >= 4 is 22.5 Å². The van der Waals surface area contributed by atoms with Crippen LogP contribution in [0.25, 0.3) is 5.57 Å². The second-order valence-electron chi connectivity index (χ2n) is 7.66. The van der Waals surface area contributed by atoms with Crippen molar-refractivity contribution in [2.45, 2.75) is 46.3 Å². The fourth-order valence-electron chi connectivity index (χ4n) is 2.85. The Hall–Kier alpha value is -2.24. The van der Waals surface area contributed by atoms with Crippen LogP contribution in [0.1, 0.15) is 51.7 Å². The molecule has 0 bridgehead atoms. The molecule has 30 heavy (non-hydrogen) atoms. The summed E-state index contributed by atoms with van der Waals surface area (Å²) in [4.78, 5) is 11.1. The largest absolute Gasteiger partial charge is 0.481 e. The molecule has 1 aromatic rings. The first-order valence-corrected chi connectivity index (χ1v) is 11.7. The van der Waals surface area contributed by atoms with E-state index in [1.165, 1.54) is 6.42 Å². The Labute approximate surface area is 184 Å². The van der Waals surface area contributed by atoms with E-state index < -0.39 is 17.0 Å². The molecule has 0 aromatic heterocycles. The summed E-state index contributed by atoms with van der Waals surface area (Å²) in [5.74, 6) is 0.546. The molecule has 1 aliphatic rings. The van der Waals surface area contributed by atoms with Crippen LogP contribution in [-0.2, 0) is 21.5 Å². The number of hydrogen-bond donors (Lipinski definition) is 2. The first kappa shape index (κ1) is 25.8. The zero-order valence-electron chi connectivity index (χ0n) is 18.8. The molecule has 2 unspecified atom stereocenters. The van der Waals surface area contributed by atoms with Crippen LogP contribution in [0, 0.1) is 11.8 Å². The minimum absolute atomic E-state index is 0.0494. The zero-order valence-corrected chi connectivity index (χ0v) is 19.6. The van der Waals surface area contributed by atoms with Crippen LogP contribution in [0.2, 0.25) is 0 Å². The van der Waals surface area contributed by atoms with Crippen molar-refractivity contribution in [2.75, 3.05) is 7.05 Å². The summed E-state index contributed by atoms with van der Waals surface area (Å²) in [6.45, 7) is 12.4. The topological polar surface area (TPSA) is 66.4 Å². The normalized spacial score (nSPS) is 18.2. The van der Waals surface area contributed by atoms with Crippen molar-refractivity contribution < 1.29 is 14.1 Å².